The Labute approximate surface area is 83.4 Å². The summed E-state index contributed by atoms with van der Waals surface area (Å²) in [6, 6.07) is 0.211. The van der Waals surface area contributed by atoms with E-state index in [9.17, 15) is 4.21 Å². The average molecular weight is 207 g/mol. The first-order valence-corrected chi connectivity index (χ1v) is 6.42. The second kappa shape index (κ2) is 8.66. The Kier molecular flexibility index (Phi) is 8.71. The molecule has 0 saturated carbocycles. The van der Waals surface area contributed by atoms with Gasteiger partial charge in [-0.15, -0.1) is 0 Å². The van der Waals surface area contributed by atoms with Gasteiger partial charge in [0.05, 0.1) is 0 Å². The van der Waals surface area contributed by atoms with E-state index in [1.807, 2.05) is 13.8 Å². The minimum atomic E-state index is -0.727. The molecule has 0 aromatic carbocycles. The van der Waals surface area contributed by atoms with E-state index in [1.54, 1.807) is 0 Å². The van der Waals surface area contributed by atoms with Gasteiger partial charge in [-0.2, -0.15) is 0 Å². The quantitative estimate of drug-likeness (QED) is 0.609. The van der Waals surface area contributed by atoms with Gasteiger partial charge < -0.3 is 10.4 Å². The number of hydrogen-bond acceptors (Lipinski definition) is 3. The molecule has 80 valence electrons. The molecule has 0 rings (SSSR count). The van der Waals surface area contributed by atoms with Gasteiger partial charge in [0, 0.05) is 35.0 Å². The van der Waals surface area contributed by atoms with Crippen molar-refractivity contribution in [3.63, 3.8) is 0 Å². The summed E-state index contributed by atoms with van der Waals surface area (Å²) in [5, 5.41) is 12.0. The normalized spacial score (nSPS) is 15.6. The van der Waals surface area contributed by atoms with Crippen LogP contribution in [0.15, 0.2) is 0 Å². The molecule has 0 aliphatic rings. The van der Waals surface area contributed by atoms with E-state index in [2.05, 4.69) is 5.32 Å². The molecule has 0 amide bonds. The fourth-order valence-electron chi connectivity index (χ4n) is 1.22. The molecule has 0 aliphatic carbocycles. The first-order chi connectivity index (χ1) is 6.24. The lowest BCUT2D eigenvalue weighted by Crippen LogP contribution is -2.35. The second-order valence-corrected chi connectivity index (χ2v) is 4.70. The molecule has 2 atom stereocenters. The largest absolute Gasteiger partial charge is 0.396 e. The topological polar surface area (TPSA) is 49.3 Å². The number of aliphatic hydroxyl groups excluding tert-OH is 1. The lowest BCUT2D eigenvalue weighted by Gasteiger charge is -2.15. The number of nitrogens with one attached hydrogen (secondary N) is 1. The molecule has 0 bridgehead atoms. The van der Waals surface area contributed by atoms with Gasteiger partial charge in [0.2, 0.25) is 0 Å². The van der Waals surface area contributed by atoms with Crippen LogP contribution in [0.3, 0.4) is 0 Å². The lowest BCUT2D eigenvalue weighted by molar-refractivity contribution is 0.270. The summed E-state index contributed by atoms with van der Waals surface area (Å²) in [5.74, 6) is 1.44. The van der Waals surface area contributed by atoms with E-state index >= 15 is 0 Å². The van der Waals surface area contributed by atoms with Crippen molar-refractivity contribution in [2.24, 2.45) is 0 Å². The summed E-state index contributed by atoms with van der Waals surface area (Å²) < 4.78 is 11.4. The Hall–Kier alpha value is 0.0700. The zero-order chi connectivity index (χ0) is 10.1. The maximum atomic E-state index is 11.4. The Balaban J connectivity index is 3.71. The smallest absolute Gasteiger partial charge is 0.0446 e. The standard InChI is InChI=1S/C9H21NO2S/c1-3-7-13(12)8-9(5-6-11)10-4-2/h9-11H,3-8H2,1-2H3. The van der Waals surface area contributed by atoms with E-state index in [-0.39, 0.29) is 12.6 Å². The fraction of sp³-hybridized carbons (Fsp3) is 1.00. The highest BCUT2D eigenvalue weighted by Crippen LogP contribution is 1.96. The van der Waals surface area contributed by atoms with Gasteiger partial charge in [-0.3, -0.25) is 4.21 Å². The SMILES string of the molecule is CCCS(=O)CC(CCO)NCC. The van der Waals surface area contributed by atoms with Crippen molar-refractivity contribution in [2.45, 2.75) is 32.7 Å². The van der Waals surface area contributed by atoms with Crippen LogP contribution in [-0.2, 0) is 10.8 Å². The molecule has 0 heterocycles. The van der Waals surface area contributed by atoms with Crippen LogP contribution in [0.25, 0.3) is 0 Å². The first-order valence-electron chi connectivity index (χ1n) is 4.93. The third-order valence-corrected chi connectivity index (χ3v) is 3.43. The van der Waals surface area contributed by atoms with Crippen LogP contribution in [0.5, 0.6) is 0 Å². The van der Waals surface area contributed by atoms with E-state index in [0.717, 1.165) is 18.7 Å². The van der Waals surface area contributed by atoms with Crippen LogP contribution in [0.1, 0.15) is 26.7 Å². The molecule has 3 nitrogen and oxygen atoms in total. The van der Waals surface area contributed by atoms with Crippen LogP contribution >= 0.6 is 0 Å². The van der Waals surface area contributed by atoms with Crippen LogP contribution in [0.2, 0.25) is 0 Å². The van der Waals surface area contributed by atoms with E-state index in [0.29, 0.717) is 12.2 Å². The van der Waals surface area contributed by atoms with Crippen molar-refractivity contribution in [1.82, 2.24) is 5.32 Å². The monoisotopic (exact) mass is 207 g/mol. The highest BCUT2D eigenvalue weighted by molar-refractivity contribution is 7.85. The highest BCUT2D eigenvalue weighted by Gasteiger charge is 2.09. The predicted molar refractivity (Wildman–Crippen MR) is 57.3 cm³/mol. The van der Waals surface area contributed by atoms with Crippen LogP contribution in [0.4, 0.5) is 0 Å². The fourth-order valence-corrected chi connectivity index (χ4v) is 2.58. The molecule has 13 heavy (non-hydrogen) atoms. The van der Waals surface area contributed by atoms with Crippen molar-refractivity contribution >= 4 is 10.8 Å². The Bertz CT molecular complexity index is 136. The highest BCUT2D eigenvalue weighted by atomic mass is 32.2. The van der Waals surface area contributed by atoms with E-state index < -0.39 is 10.8 Å². The molecular weight excluding hydrogens is 186 g/mol. The Morgan fingerprint density at radius 3 is 2.62 bits per heavy atom. The van der Waals surface area contributed by atoms with E-state index in [1.165, 1.54) is 0 Å². The summed E-state index contributed by atoms with van der Waals surface area (Å²) in [7, 11) is -0.727. The van der Waals surface area contributed by atoms with Crippen molar-refractivity contribution in [1.29, 1.82) is 0 Å². The molecule has 0 fully saturated rings. The lowest BCUT2D eigenvalue weighted by atomic mass is 10.2. The summed E-state index contributed by atoms with van der Waals surface area (Å²) in [5.41, 5.74) is 0. The number of aliphatic hydroxyl groups is 1. The van der Waals surface area contributed by atoms with Gasteiger partial charge in [0.1, 0.15) is 0 Å². The summed E-state index contributed by atoms with van der Waals surface area (Å²) in [6.45, 7) is 5.09. The average Bonchev–Trinajstić information content (AvgIpc) is 2.05. The summed E-state index contributed by atoms with van der Waals surface area (Å²) >= 11 is 0. The van der Waals surface area contributed by atoms with Crippen LogP contribution in [0, 0.1) is 0 Å². The Morgan fingerprint density at radius 1 is 1.46 bits per heavy atom. The Morgan fingerprint density at radius 2 is 2.15 bits per heavy atom. The van der Waals surface area contributed by atoms with Gasteiger partial charge in [0.25, 0.3) is 0 Å². The maximum absolute atomic E-state index is 11.4. The van der Waals surface area contributed by atoms with Gasteiger partial charge in [-0.05, 0) is 19.4 Å². The van der Waals surface area contributed by atoms with Crippen LogP contribution in [-0.4, -0.2) is 40.0 Å². The van der Waals surface area contributed by atoms with Gasteiger partial charge in [-0.25, -0.2) is 0 Å². The molecule has 0 aliphatic heterocycles. The second-order valence-electron chi connectivity index (χ2n) is 3.08. The van der Waals surface area contributed by atoms with Crippen molar-refractivity contribution in [3.8, 4) is 0 Å². The third-order valence-electron chi connectivity index (χ3n) is 1.79. The first kappa shape index (κ1) is 13.1. The van der Waals surface area contributed by atoms with Crippen molar-refractivity contribution in [2.75, 3.05) is 24.7 Å². The molecular formula is C9H21NO2S. The molecule has 2 N–H and O–H groups in total. The molecule has 2 unspecified atom stereocenters. The van der Waals surface area contributed by atoms with Gasteiger partial charge in [0.15, 0.2) is 0 Å². The molecule has 0 radical (unpaired) electrons. The van der Waals surface area contributed by atoms with E-state index in [4.69, 9.17) is 5.11 Å². The third kappa shape index (κ3) is 7.16. The number of rotatable bonds is 8. The summed E-state index contributed by atoms with van der Waals surface area (Å²) in [4.78, 5) is 0. The molecule has 0 saturated heterocycles. The van der Waals surface area contributed by atoms with Crippen LogP contribution < -0.4 is 5.32 Å². The zero-order valence-electron chi connectivity index (χ0n) is 8.58. The van der Waals surface area contributed by atoms with Gasteiger partial charge >= 0.3 is 0 Å². The maximum Gasteiger partial charge on any atom is 0.0446 e. The van der Waals surface area contributed by atoms with Gasteiger partial charge in [-0.1, -0.05) is 13.8 Å². The number of hydrogen-bond donors (Lipinski definition) is 2. The minimum absolute atomic E-state index is 0.168. The van der Waals surface area contributed by atoms with Crippen molar-refractivity contribution < 1.29 is 9.32 Å². The molecule has 0 aromatic rings. The molecule has 0 spiro atoms. The zero-order valence-corrected chi connectivity index (χ0v) is 9.40. The summed E-state index contributed by atoms with van der Waals surface area (Å²) in [6.07, 6.45) is 1.66. The molecule has 0 aromatic heterocycles. The van der Waals surface area contributed by atoms with Crippen molar-refractivity contribution in [3.05, 3.63) is 0 Å². The molecule has 4 heteroatoms. The minimum Gasteiger partial charge on any atom is -0.396 e. The predicted octanol–water partition coefficient (Wildman–Crippen LogP) is 0.506.